The number of rotatable bonds is 4. The van der Waals surface area contributed by atoms with Gasteiger partial charge in [0.25, 0.3) is 0 Å². The van der Waals surface area contributed by atoms with Gasteiger partial charge in [0, 0.05) is 17.8 Å². The predicted octanol–water partition coefficient (Wildman–Crippen LogP) is 3.85. The van der Waals surface area contributed by atoms with Crippen LogP contribution in [0.1, 0.15) is 33.6 Å². The summed E-state index contributed by atoms with van der Waals surface area (Å²) in [5.41, 5.74) is 5.64. The molecule has 144 valence electrons. The van der Waals surface area contributed by atoms with Crippen molar-refractivity contribution in [3.63, 3.8) is 0 Å². The molecule has 1 saturated heterocycles. The Morgan fingerprint density at radius 2 is 1.89 bits per heavy atom. The number of nitrogen functional groups attached to an aromatic ring is 1. The number of carbonyl (C=O) groups is 2. The summed E-state index contributed by atoms with van der Waals surface area (Å²) in [7, 11) is 1.91. The summed E-state index contributed by atoms with van der Waals surface area (Å²) in [6, 6.07) is 13.5. The number of likely N-dealkylation sites (N-methyl/N-ethyl adjacent to an activating group) is 1. The summed E-state index contributed by atoms with van der Waals surface area (Å²) in [5, 5.41) is 0.210. The van der Waals surface area contributed by atoms with Crippen molar-refractivity contribution in [2.45, 2.75) is 18.4 Å². The Kier molecular flexibility index (Phi) is 6.87. The summed E-state index contributed by atoms with van der Waals surface area (Å²) in [6.07, 6.45) is 1.24. The molecule has 7 heteroatoms. The summed E-state index contributed by atoms with van der Waals surface area (Å²) >= 11 is 6.14. The van der Waals surface area contributed by atoms with Gasteiger partial charge in [0.2, 0.25) is 5.78 Å². The van der Waals surface area contributed by atoms with E-state index in [4.69, 9.17) is 22.1 Å². The molecule has 0 saturated carbocycles. The quantitative estimate of drug-likeness (QED) is 0.472. The van der Waals surface area contributed by atoms with Gasteiger partial charge in [-0.25, -0.2) is 4.79 Å². The second kappa shape index (κ2) is 8.74. The number of carbonyl (C=O) groups excluding carboxylic acids is 2. The SMILES string of the molecule is CN1CCCC(OC(=O)c2ccc(N)cc2Cl)(C(=O)c2ccccc2)C1.Cl. The monoisotopic (exact) mass is 408 g/mol. The zero-order valence-corrected chi connectivity index (χ0v) is 16.6. The van der Waals surface area contributed by atoms with E-state index in [0.717, 1.165) is 13.0 Å². The number of halogens is 2. The van der Waals surface area contributed by atoms with E-state index in [9.17, 15) is 9.59 Å². The number of anilines is 1. The minimum Gasteiger partial charge on any atom is -0.446 e. The third kappa shape index (κ3) is 4.61. The van der Waals surface area contributed by atoms with Crippen molar-refractivity contribution in [2.24, 2.45) is 0 Å². The van der Waals surface area contributed by atoms with Gasteiger partial charge in [-0.1, -0.05) is 41.9 Å². The molecule has 0 aromatic heterocycles. The Morgan fingerprint density at radius 1 is 1.19 bits per heavy atom. The van der Waals surface area contributed by atoms with Crippen LogP contribution in [0.2, 0.25) is 5.02 Å². The van der Waals surface area contributed by atoms with Crippen LogP contribution in [-0.4, -0.2) is 42.4 Å². The number of nitrogens with zero attached hydrogens (tertiary/aromatic N) is 1. The van der Waals surface area contributed by atoms with E-state index in [0.29, 0.717) is 24.2 Å². The Labute approximate surface area is 169 Å². The molecule has 1 atom stereocenters. The van der Waals surface area contributed by atoms with Crippen LogP contribution in [0.4, 0.5) is 5.69 Å². The second-order valence-electron chi connectivity index (χ2n) is 6.66. The zero-order valence-electron chi connectivity index (χ0n) is 15.0. The number of ether oxygens (including phenoxy) is 1. The molecule has 1 aliphatic rings. The fraction of sp³-hybridized carbons (Fsp3) is 0.300. The van der Waals surface area contributed by atoms with E-state index in [1.165, 1.54) is 12.1 Å². The van der Waals surface area contributed by atoms with Crippen LogP contribution in [0.15, 0.2) is 48.5 Å². The van der Waals surface area contributed by atoms with Crippen LogP contribution >= 0.6 is 24.0 Å². The maximum Gasteiger partial charge on any atom is 0.340 e. The number of benzene rings is 2. The minimum absolute atomic E-state index is 0. The summed E-state index contributed by atoms with van der Waals surface area (Å²) in [4.78, 5) is 28.0. The lowest BCUT2D eigenvalue weighted by molar-refractivity contribution is -0.0364. The summed E-state index contributed by atoms with van der Waals surface area (Å²) in [5.74, 6) is -0.806. The molecular formula is C20H22Cl2N2O3. The van der Waals surface area contributed by atoms with Gasteiger partial charge in [0.05, 0.1) is 10.6 Å². The van der Waals surface area contributed by atoms with Crippen molar-refractivity contribution in [3.05, 3.63) is 64.7 Å². The smallest absolute Gasteiger partial charge is 0.340 e. The zero-order chi connectivity index (χ0) is 18.7. The average Bonchev–Trinajstić information content (AvgIpc) is 2.61. The van der Waals surface area contributed by atoms with E-state index in [-0.39, 0.29) is 28.8 Å². The van der Waals surface area contributed by atoms with Crippen molar-refractivity contribution >= 4 is 41.4 Å². The number of nitrogens with two attached hydrogens (primary N) is 1. The molecule has 27 heavy (non-hydrogen) atoms. The lowest BCUT2D eigenvalue weighted by atomic mass is 9.85. The molecular weight excluding hydrogens is 387 g/mol. The van der Waals surface area contributed by atoms with Crippen LogP contribution in [0.3, 0.4) is 0 Å². The van der Waals surface area contributed by atoms with E-state index >= 15 is 0 Å². The number of likely N-dealkylation sites (tertiary alicyclic amines) is 1. The van der Waals surface area contributed by atoms with Gasteiger partial charge in [-0.15, -0.1) is 12.4 Å². The molecule has 2 aromatic rings. The Bertz CT molecular complexity index is 829. The van der Waals surface area contributed by atoms with Crippen LogP contribution < -0.4 is 5.73 Å². The first-order valence-corrected chi connectivity index (χ1v) is 8.86. The maximum absolute atomic E-state index is 13.2. The van der Waals surface area contributed by atoms with Gasteiger partial charge in [-0.2, -0.15) is 0 Å². The van der Waals surface area contributed by atoms with Gasteiger partial charge in [0.1, 0.15) is 0 Å². The summed E-state index contributed by atoms with van der Waals surface area (Å²) in [6.45, 7) is 1.20. The predicted molar refractivity (Wildman–Crippen MR) is 109 cm³/mol. The molecule has 2 aromatic carbocycles. The van der Waals surface area contributed by atoms with Gasteiger partial charge in [-0.3, -0.25) is 4.79 Å². The Hall–Kier alpha value is -2.08. The normalized spacial score (nSPS) is 19.8. The number of hydrogen-bond donors (Lipinski definition) is 1. The van der Waals surface area contributed by atoms with Crippen molar-refractivity contribution in [1.29, 1.82) is 0 Å². The third-order valence-electron chi connectivity index (χ3n) is 4.60. The molecule has 5 nitrogen and oxygen atoms in total. The number of esters is 1. The van der Waals surface area contributed by atoms with Gasteiger partial charge in [-0.05, 0) is 44.6 Å². The largest absolute Gasteiger partial charge is 0.446 e. The molecule has 3 rings (SSSR count). The van der Waals surface area contributed by atoms with Crippen LogP contribution in [-0.2, 0) is 4.74 Å². The molecule has 0 bridgehead atoms. The molecule has 0 aliphatic carbocycles. The molecule has 1 aliphatic heterocycles. The highest BCUT2D eigenvalue weighted by Gasteiger charge is 2.45. The molecule has 0 amide bonds. The molecule has 1 unspecified atom stereocenters. The van der Waals surface area contributed by atoms with Crippen molar-refractivity contribution < 1.29 is 14.3 Å². The number of ketones is 1. The lowest BCUT2D eigenvalue weighted by Crippen LogP contribution is -2.54. The minimum atomic E-state index is -1.23. The maximum atomic E-state index is 13.2. The van der Waals surface area contributed by atoms with Gasteiger partial charge < -0.3 is 15.4 Å². The van der Waals surface area contributed by atoms with E-state index in [2.05, 4.69) is 0 Å². The molecule has 2 N–H and O–H groups in total. The highest BCUT2D eigenvalue weighted by molar-refractivity contribution is 6.33. The lowest BCUT2D eigenvalue weighted by Gasteiger charge is -2.39. The first-order valence-electron chi connectivity index (χ1n) is 8.48. The summed E-state index contributed by atoms with van der Waals surface area (Å²) < 4.78 is 5.82. The third-order valence-corrected chi connectivity index (χ3v) is 4.91. The van der Waals surface area contributed by atoms with Gasteiger partial charge >= 0.3 is 5.97 Å². The van der Waals surface area contributed by atoms with Gasteiger partial charge in [0.15, 0.2) is 5.60 Å². The first-order chi connectivity index (χ1) is 12.4. The Balaban J connectivity index is 0.00000261. The second-order valence-corrected chi connectivity index (χ2v) is 7.07. The van der Waals surface area contributed by atoms with Crippen LogP contribution in [0.25, 0.3) is 0 Å². The van der Waals surface area contributed by atoms with Crippen LogP contribution in [0.5, 0.6) is 0 Å². The van der Waals surface area contributed by atoms with E-state index in [1.54, 1.807) is 30.3 Å². The number of hydrogen-bond acceptors (Lipinski definition) is 5. The molecule has 1 fully saturated rings. The van der Waals surface area contributed by atoms with Crippen molar-refractivity contribution in [1.82, 2.24) is 4.90 Å². The fourth-order valence-electron chi connectivity index (χ4n) is 3.33. The standard InChI is InChI=1S/C20H21ClN2O3.ClH/c1-23-11-5-10-20(13-23,18(24)14-6-3-2-4-7-14)26-19(25)16-9-8-15(22)12-17(16)21;/h2-4,6-9,12H,5,10-11,13,22H2,1H3;1H. The van der Waals surface area contributed by atoms with Crippen LogP contribution in [0, 0.1) is 0 Å². The van der Waals surface area contributed by atoms with E-state index in [1.807, 2.05) is 18.0 Å². The highest BCUT2D eigenvalue weighted by atomic mass is 35.5. The van der Waals surface area contributed by atoms with Crippen molar-refractivity contribution in [3.8, 4) is 0 Å². The molecule has 1 heterocycles. The van der Waals surface area contributed by atoms with Crippen molar-refractivity contribution in [2.75, 3.05) is 25.9 Å². The molecule has 0 radical (unpaired) electrons. The average molecular weight is 409 g/mol. The topological polar surface area (TPSA) is 72.6 Å². The Morgan fingerprint density at radius 3 is 2.52 bits per heavy atom. The highest BCUT2D eigenvalue weighted by Crippen LogP contribution is 2.31. The fourth-order valence-corrected chi connectivity index (χ4v) is 3.59. The first kappa shape index (κ1) is 21.2. The van der Waals surface area contributed by atoms with E-state index < -0.39 is 11.6 Å². The molecule has 0 spiro atoms. The number of Topliss-reactive ketones (excluding diaryl/α,β-unsaturated/α-hetero) is 1. The number of piperidine rings is 1.